The van der Waals surface area contributed by atoms with Gasteiger partial charge in [-0.05, 0) is 38.0 Å². The third kappa shape index (κ3) is 7.63. The Hall–Kier alpha value is -1.88. The van der Waals surface area contributed by atoms with Crippen LogP contribution in [0.4, 0.5) is 0 Å². The van der Waals surface area contributed by atoms with Crippen LogP contribution in [0.15, 0.2) is 29.3 Å². The van der Waals surface area contributed by atoms with Crippen molar-refractivity contribution >= 4 is 29.9 Å². The number of aryl methyl sites for hydroxylation is 1. The topological polar surface area (TPSA) is 85.6 Å². The first-order chi connectivity index (χ1) is 13.0. The molecule has 1 heterocycles. The van der Waals surface area contributed by atoms with E-state index in [-0.39, 0.29) is 30.0 Å². The Morgan fingerprint density at radius 3 is 2.50 bits per heavy atom. The maximum Gasteiger partial charge on any atom is 0.192 e. The monoisotopic (exact) mass is 502 g/mol. The molecule has 1 aromatic heterocycles. The summed E-state index contributed by atoms with van der Waals surface area (Å²) in [6, 6.07) is 8.23. The number of halogens is 1. The zero-order valence-electron chi connectivity index (χ0n) is 17.2. The Labute approximate surface area is 184 Å². The van der Waals surface area contributed by atoms with Crippen LogP contribution < -0.4 is 15.4 Å². The van der Waals surface area contributed by atoms with Crippen molar-refractivity contribution in [3.63, 3.8) is 0 Å². The SMILES string of the molecule is COCC(C)NC(=NCc1nnc(C)n1C)NCCc1ccc(OC)cc1.I. The highest BCUT2D eigenvalue weighted by molar-refractivity contribution is 14.0. The predicted molar refractivity (Wildman–Crippen MR) is 121 cm³/mol. The lowest BCUT2D eigenvalue weighted by molar-refractivity contribution is 0.179. The lowest BCUT2D eigenvalue weighted by atomic mass is 10.1. The quantitative estimate of drug-likeness (QED) is 0.310. The summed E-state index contributed by atoms with van der Waals surface area (Å²) >= 11 is 0. The van der Waals surface area contributed by atoms with Crippen molar-refractivity contribution in [3.05, 3.63) is 41.5 Å². The van der Waals surface area contributed by atoms with Gasteiger partial charge in [0.2, 0.25) is 0 Å². The zero-order chi connectivity index (χ0) is 19.6. The molecule has 0 bridgehead atoms. The molecule has 28 heavy (non-hydrogen) atoms. The van der Waals surface area contributed by atoms with Gasteiger partial charge in [0.1, 0.15) is 18.1 Å². The number of hydrogen-bond acceptors (Lipinski definition) is 5. The van der Waals surface area contributed by atoms with E-state index in [0.29, 0.717) is 13.2 Å². The van der Waals surface area contributed by atoms with E-state index in [1.165, 1.54) is 5.56 Å². The summed E-state index contributed by atoms with van der Waals surface area (Å²) in [6.07, 6.45) is 0.881. The number of aliphatic imine (C=N–C) groups is 1. The highest BCUT2D eigenvalue weighted by Crippen LogP contribution is 2.11. The van der Waals surface area contributed by atoms with Crippen molar-refractivity contribution in [3.8, 4) is 5.75 Å². The number of hydrogen-bond donors (Lipinski definition) is 2. The number of nitrogens with one attached hydrogen (secondary N) is 2. The van der Waals surface area contributed by atoms with E-state index in [2.05, 4.69) is 44.9 Å². The number of rotatable bonds is 9. The van der Waals surface area contributed by atoms with Gasteiger partial charge < -0.3 is 24.7 Å². The molecular formula is C19H31IN6O2. The number of nitrogens with zero attached hydrogens (tertiary/aromatic N) is 4. The molecule has 0 saturated carbocycles. The van der Waals surface area contributed by atoms with Crippen molar-refractivity contribution in [1.82, 2.24) is 25.4 Å². The number of benzene rings is 1. The summed E-state index contributed by atoms with van der Waals surface area (Å²) in [5.74, 6) is 3.29. The fourth-order valence-electron chi connectivity index (χ4n) is 2.53. The lowest BCUT2D eigenvalue weighted by Crippen LogP contribution is -2.44. The first kappa shape index (κ1) is 24.2. The molecule has 9 heteroatoms. The van der Waals surface area contributed by atoms with E-state index < -0.39 is 0 Å². The third-order valence-corrected chi connectivity index (χ3v) is 4.23. The zero-order valence-corrected chi connectivity index (χ0v) is 19.6. The second-order valence-electron chi connectivity index (χ2n) is 6.41. The molecular weight excluding hydrogens is 471 g/mol. The minimum atomic E-state index is 0. The average molecular weight is 502 g/mol. The van der Waals surface area contributed by atoms with Gasteiger partial charge in [-0.25, -0.2) is 4.99 Å². The molecule has 0 saturated heterocycles. The normalized spacial score (nSPS) is 12.2. The molecule has 1 unspecified atom stereocenters. The maximum absolute atomic E-state index is 5.20. The van der Waals surface area contributed by atoms with Crippen LogP contribution in [0.3, 0.4) is 0 Å². The Morgan fingerprint density at radius 2 is 1.93 bits per heavy atom. The van der Waals surface area contributed by atoms with Crippen LogP contribution in [0.5, 0.6) is 5.75 Å². The van der Waals surface area contributed by atoms with Crippen LogP contribution in [0.2, 0.25) is 0 Å². The summed E-state index contributed by atoms with van der Waals surface area (Å²) in [7, 11) is 5.30. The van der Waals surface area contributed by atoms with E-state index in [0.717, 1.165) is 36.3 Å². The standard InChI is InChI=1S/C19H30N6O2.HI/c1-14(13-26-4)22-19(21-12-18-24-23-15(2)25(18)3)20-11-10-16-6-8-17(27-5)9-7-16;/h6-9,14H,10-13H2,1-5H3,(H2,20,21,22);1H. The largest absolute Gasteiger partial charge is 0.497 e. The van der Waals surface area contributed by atoms with Gasteiger partial charge in [0, 0.05) is 26.7 Å². The van der Waals surface area contributed by atoms with Gasteiger partial charge in [-0.1, -0.05) is 12.1 Å². The first-order valence-electron chi connectivity index (χ1n) is 9.05. The summed E-state index contributed by atoms with van der Waals surface area (Å²) < 4.78 is 12.3. The predicted octanol–water partition coefficient (Wildman–Crippen LogP) is 2.06. The second-order valence-corrected chi connectivity index (χ2v) is 6.41. The highest BCUT2D eigenvalue weighted by Gasteiger charge is 2.08. The number of aromatic nitrogens is 3. The molecule has 1 atom stereocenters. The van der Waals surface area contributed by atoms with Gasteiger partial charge >= 0.3 is 0 Å². The minimum Gasteiger partial charge on any atom is -0.497 e. The number of methoxy groups -OCH3 is 2. The second kappa shape index (κ2) is 12.6. The highest BCUT2D eigenvalue weighted by atomic mass is 127. The molecule has 0 spiro atoms. The van der Waals surface area contributed by atoms with Crippen molar-refractivity contribution in [1.29, 1.82) is 0 Å². The molecule has 0 fully saturated rings. The molecule has 0 aliphatic carbocycles. The molecule has 2 rings (SSSR count). The van der Waals surface area contributed by atoms with Crippen LogP contribution in [0, 0.1) is 6.92 Å². The van der Waals surface area contributed by atoms with Crippen LogP contribution in [-0.2, 0) is 24.8 Å². The Bertz CT molecular complexity index is 733. The minimum absolute atomic E-state index is 0. The maximum atomic E-state index is 5.20. The summed E-state index contributed by atoms with van der Waals surface area (Å²) in [5.41, 5.74) is 1.23. The van der Waals surface area contributed by atoms with E-state index in [9.17, 15) is 0 Å². The fraction of sp³-hybridized carbons (Fsp3) is 0.526. The van der Waals surface area contributed by atoms with Crippen LogP contribution in [-0.4, -0.2) is 54.1 Å². The summed E-state index contributed by atoms with van der Waals surface area (Å²) in [6.45, 7) is 5.79. The summed E-state index contributed by atoms with van der Waals surface area (Å²) in [5, 5.41) is 15.0. The van der Waals surface area contributed by atoms with Crippen LogP contribution >= 0.6 is 24.0 Å². The molecule has 156 valence electrons. The van der Waals surface area contributed by atoms with Crippen LogP contribution in [0.1, 0.15) is 24.1 Å². The van der Waals surface area contributed by atoms with E-state index >= 15 is 0 Å². The number of ether oxygens (including phenoxy) is 2. The Kier molecular flexibility index (Phi) is 10.8. The van der Waals surface area contributed by atoms with Gasteiger partial charge in [0.15, 0.2) is 11.8 Å². The van der Waals surface area contributed by atoms with E-state index in [4.69, 9.17) is 9.47 Å². The average Bonchev–Trinajstić information content (AvgIpc) is 2.98. The Balaban J connectivity index is 0.00000392. The van der Waals surface area contributed by atoms with Gasteiger partial charge in [-0.3, -0.25) is 0 Å². The van der Waals surface area contributed by atoms with Crippen molar-refractivity contribution < 1.29 is 9.47 Å². The molecule has 1 aromatic carbocycles. The molecule has 0 aliphatic heterocycles. The van der Waals surface area contributed by atoms with Gasteiger partial charge in [0.25, 0.3) is 0 Å². The van der Waals surface area contributed by atoms with E-state index in [1.54, 1.807) is 14.2 Å². The first-order valence-corrected chi connectivity index (χ1v) is 9.05. The van der Waals surface area contributed by atoms with Crippen molar-refractivity contribution in [2.45, 2.75) is 32.9 Å². The fourth-order valence-corrected chi connectivity index (χ4v) is 2.53. The molecule has 8 nitrogen and oxygen atoms in total. The molecule has 2 N–H and O–H groups in total. The van der Waals surface area contributed by atoms with Crippen molar-refractivity contribution in [2.24, 2.45) is 12.0 Å². The van der Waals surface area contributed by atoms with Gasteiger partial charge in [-0.2, -0.15) is 0 Å². The molecule has 0 aliphatic rings. The Morgan fingerprint density at radius 1 is 1.21 bits per heavy atom. The van der Waals surface area contributed by atoms with Gasteiger partial charge in [-0.15, -0.1) is 34.2 Å². The van der Waals surface area contributed by atoms with Gasteiger partial charge in [0.05, 0.1) is 13.7 Å². The lowest BCUT2D eigenvalue weighted by Gasteiger charge is -2.17. The molecule has 2 aromatic rings. The molecule has 0 radical (unpaired) electrons. The summed E-state index contributed by atoms with van der Waals surface area (Å²) in [4.78, 5) is 4.64. The third-order valence-electron chi connectivity index (χ3n) is 4.23. The molecule has 0 amide bonds. The van der Waals surface area contributed by atoms with Crippen molar-refractivity contribution in [2.75, 3.05) is 27.4 Å². The van der Waals surface area contributed by atoms with E-state index in [1.807, 2.05) is 30.7 Å². The number of guanidine groups is 1. The van der Waals surface area contributed by atoms with Crippen LogP contribution in [0.25, 0.3) is 0 Å². The smallest absolute Gasteiger partial charge is 0.192 e.